The SMILES string of the molecule is CCN(CC1CC1)c1ccc(CO)cc1[N+](=O)[O-]. The summed E-state index contributed by atoms with van der Waals surface area (Å²) in [4.78, 5) is 12.8. The second-order valence-electron chi connectivity index (χ2n) is 4.72. The Morgan fingerprint density at radius 3 is 2.72 bits per heavy atom. The largest absolute Gasteiger partial charge is 0.392 e. The highest BCUT2D eigenvalue weighted by Crippen LogP contribution is 2.35. The zero-order valence-corrected chi connectivity index (χ0v) is 10.5. The summed E-state index contributed by atoms with van der Waals surface area (Å²) in [5, 5.41) is 20.2. The van der Waals surface area contributed by atoms with E-state index in [1.54, 1.807) is 12.1 Å². The Bertz CT molecular complexity index is 444. The zero-order chi connectivity index (χ0) is 13.1. The number of rotatable bonds is 6. The van der Waals surface area contributed by atoms with Crippen molar-refractivity contribution < 1.29 is 10.0 Å². The third-order valence-electron chi connectivity index (χ3n) is 3.32. The summed E-state index contributed by atoms with van der Waals surface area (Å²) in [5.74, 6) is 0.682. The van der Waals surface area contributed by atoms with Crippen LogP contribution in [0.2, 0.25) is 0 Å². The Kier molecular flexibility index (Phi) is 3.81. The van der Waals surface area contributed by atoms with Gasteiger partial charge in [-0.3, -0.25) is 10.1 Å². The fourth-order valence-electron chi connectivity index (χ4n) is 2.09. The molecule has 2 rings (SSSR count). The summed E-state index contributed by atoms with van der Waals surface area (Å²) in [6, 6.07) is 4.96. The van der Waals surface area contributed by atoms with Gasteiger partial charge in [-0.25, -0.2) is 0 Å². The van der Waals surface area contributed by atoms with Gasteiger partial charge in [0.05, 0.1) is 11.5 Å². The van der Waals surface area contributed by atoms with E-state index < -0.39 is 0 Å². The van der Waals surface area contributed by atoms with E-state index >= 15 is 0 Å². The lowest BCUT2D eigenvalue weighted by Gasteiger charge is -2.22. The number of anilines is 1. The molecular formula is C13H18N2O3. The van der Waals surface area contributed by atoms with Crippen LogP contribution >= 0.6 is 0 Å². The Balaban J connectivity index is 2.30. The van der Waals surface area contributed by atoms with E-state index in [9.17, 15) is 10.1 Å². The lowest BCUT2D eigenvalue weighted by molar-refractivity contribution is -0.384. The Morgan fingerprint density at radius 2 is 2.22 bits per heavy atom. The number of nitro benzene ring substituents is 1. The summed E-state index contributed by atoms with van der Waals surface area (Å²) in [7, 11) is 0. The van der Waals surface area contributed by atoms with Crippen LogP contribution < -0.4 is 4.90 Å². The average Bonchev–Trinajstić information content (AvgIpc) is 3.19. The molecular weight excluding hydrogens is 232 g/mol. The lowest BCUT2D eigenvalue weighted by atomic mass is 10.1. The minimum absolute atomic E-state index is 0.0871. The van der Waals surface area contributed by atoms with Gasteiger partial charge in [-0.15, -0.1) is 0 Å². The van der Waals surface area contributed by atoms with Gasteiger partial charge in [0.15, 0.2) is 0 Å². The number of hydrogen-bond donors (Lipinski definition) is 1. The highest BCUT2D eigenvalue weighted by atomic mass is 16.6. The smallest absolute Gasteiger partial charge is 0.292 e. The Morgan fingerprint density at radius 1 is 1.50 bits per heavy atom. The van der Waals surface area contributed by atoms with Crippen LogP contribution in [0.15, 0.2) is 18.2 Å². The standard InChI is InChI=1S/C13H18N2O3/c1-2-14(8-10-3-4-10)12-6-5-11(9-16)7-13(12)15(17)18/h5-7,10,16H,2-4,8-9H2,1H3. The number of aliphatic hydroxyl groups is 1. The third-order valence-corrected chi connectivity index (χ3v) is 3.32. The number of aliphatic hydroxyl groups excluding tert-OH is 1. The third kappa shape index (κ3) is 2.79. The fourth-order valence-corrected chi connectivity index (χ4v) is 2.09. The quantitative estimate of drug-likeness (QED) is 0.621. The zero-order valence-electron chi connectivity index (χ0n) is 10.5. The van der Waals surface area contributed by atoms with E-state index in [1.165, 1.54) is 18.9 Å². The number of hydrogen-bond acceptors (Lipinski definition) is 4. The predicted molar refractivity (Wildman–Crippen MR) is 69.6 cm³/mol. The van der Waals surface area contributed by atoms with Gasteiger partial charge in [-0.2, -0.15) is 0 Å². The van der Waals surface area contributed by atoms with Gasteiger partial charge in [0, 0.05) is 19.2 Å². The molecule has 1 fully saturated rings. The van der Waals surface area contributed by atoms with Gasteiger partial charge in [0.1, 0.15) is 5.69 Å². The second-order valence-corrected chi connectivity index (χ2v) is 4.72. The van der Waals surface area contributed by atoms with Crippen LogP contribution in [-0.2, 0) is 6.61 Å². The maximum atomic E-state index is 11.1. The van der Waals surface area contributed by atoms with Crippen LogP contribution in [0.3, 0.4) is 0 Å². The highest BCUT2D eigenvalue weighted by molar-refractivity contribution is 5.64. The monoisotopic (exact) mass is 250 g/mol. The first-order chi connectivity index (χ1) is 8.65. The summed E-state index contributed by atoms with van der Waals surface area (Å²) in [5.41, 5.74) is 1.32. The van der Waals surface area contributed by atoms with Gasteiger partial charge in [-0.05, 0) is 37.3 Å². The van der Waals surface area contributed by atoms with E-state index in [0.29, 0.717) is 17.2 Å². The van der Waals surface area contributed by atoms with Gasteiger partial charge >= 0.3 is 0 Å². The van der Waals surface area contributed by atoms with Crippen LogP contribution in [0.4, 0.5) is 11.4 Å². The molecule has 0 radical (unpaired) electrons. The molecule has 1 saturated carbocycles. The summed E-state index contributed by atoms with van der Waals surface area (Å²) in [6.07, 6.45) is 2.44. The first-order valence-electron chi connectivity index (χ1n) is 6.28. The second kappa shape index (κ2) is 5.35. The van der Waals surface area contributed by atoms with Crippen molar-refractivity contribution in [2.24, 2.45) is 5.92 Å². The molecule has 0 atom stereocenters. The Hall–Kier alpha value is -1.62. The van der Waals surface area contributed by atoms with Crippen molar-refractivity contribution in [1.82, 2.24) is 0 Å². The molecule has 1 aliphatic carbocycles. The van der Waals surface area contributed by atoms with Crippen molar-refractivity contribution in [1.29, 1.82) is 0 Å². The molecule has 1 aromatic rings. The minimum Gasteiger partial charge on any atom is -0.392 e. The van der Waals surface area contributed by atoms with Crippen molar-refractivity contribution in [3.05, 3.63) is 33.9 Å². The van der Waals surface area contributed by atoms with Gasteiger partial charge in [0.25, 0.3) is 5.69 Å². The minimum atomic E-state index is -0.371. The van der Waals surface area contributed by atoms with Crippen molar-refractivity contribution in [3.63, 3.8) is 0 Å². The molecule has 0 unspecified atom stereocenters. The maximum Gasteiger partial charge on any atom is 0.292 e. The van der Waals surface area contributed by atoms with Crippen LogP contribution in [0, 0.1) is 16.0 Å². The first kappa shape index (κ1) is 12.8. The molecule has 1 N–H and O–H groups in total. The van der Waals surface area contributed by atoms with Crippen molar-refractivity contribution in [2.45, 2.75) is 26.4 Å². The number of nitrogens with zero attached hydrogens (tertiary/aromatic N) is 2. The van der Waals surface area contributed by atoms with Crippen LogP contribution in [0.1, 0.15) is 25.3 Å². The van der Waals surface area contributed by atoms with Gasteiger partial charge in [-0.1, -0.05) is 6.07 Å². The molecule has 0 saturated heterocycles. The van der Waals surface area contributed by atoms with Gasteiger partial charge in [0.2, 0.25) is 0 Å². The molecule has 0 spiro atoms. The molecule has 98 valence electrons. The topological polar surface area (TPSA) is 66.6 Å². The van der Waals surface area contributed by atoms with Crippen molar-refractivity contribution in [3.8, 4) is 0 Å². The number of nitro groups is 1. The maximum absolute atomic E-state index is 11.1. The van der Waals surface area contributed by atoms with E-state index in [4.69, 9.17) is 5.11 Å². The fraction of sp³-hybridized carbons (Fsp3) is 0.538. The number of benzene rings is 1. The summed E-state index contributed by atoms with van der Waals surface area (Å²) < 4.78 is 0. The molecule has 0 aromatic heterocycles. The first-order valence-corrected chi connectivity index (χ1v) is 6.28. The highest BCUT2D eigenvalue weighted by Gasteiger charge is 2.27. The van der Waals surface area contributed by atoms with E-state index in [0.717, 1.165) is 13.1 Å². The Labute approximate surface area is 106 Å². The van der Waals surface area contributed by atoms with Crippen molar-refractivity contribution >= 4 is 11.4 Å². The summed E-state index contributed by atoms with van der Waals surface area (Å²) in [6.45, 7) is 3.48. The molecule has 0 bridgehead atoms. The van der Waals surface area contributed by atoms with E-state index in [-0.39, 0.29) is 17.2 Å². The molecule has 5 heteroatoms. The molecule has 1 aliphatic rings. The normalized spacial score (nSPS) is 14.6. The predicted octanol–water partition coefficient (Wildman–Crippen LogP) is 2.32. The van der Waals surface area contributed by atoms with E-state index in [2.05, 4.69) is 4.90 Å². The average molecular weight is 250 g/mol. The molecule has 0 heterocycles. The molecule has 1 aromatic carbocycles. The molecule has 5 nitrogen and oxygen atoms in total. The van der Waals surface area contributed by atoms with E-state index in [1.807, 2.05) is 6.92 Å². The molecule has 0 amide bonds. The van der Waals surface area contributed by atoms with Crippen LogP contribution in [-0.4, -0.2) is 23.1 Å². The van der Waals surface area contributed by atoms with Crippen molar-refractivity contribution in [2.75, 3.05) is 18.0 Å². The summed E-state index contributed by atoms with van der Waals surface area (Å²) >= 11 is 0. The molecule has 18 heavy (non-hydrogen) atoms. The molecule has 0 aliphatic heterocycles. The van der Waals surface area contributed by atoms with Crippen LogP contribution in [0.5, 0.6) is 0 Å². The van der Waals surface area contributed by atoms with Crippen LogP contribution in [0.25, 0.3) is 0 Å². The van der Waals surface area contributed by atoms with Gasteiger partial charge < -0.3 is 10.0 Å². The lowest BCUT2D eigenvalue weighted by Crippen LogP contribution is -2.26.